The smallest absolute Gasteiger partial charge is 0.338 e. The number of likely N-dealkylation sites (N-methyl/N-ethyl adjacent to an activating group) is 1. The molecule has 2 aromatic carbocycles. The van der Waals surface area contributed by atoms with Crippen LogP contribution in [0.4, 0.5) is 5.69 Å². The maximum absolute atomic E-state index is 13.9. The predicted molar refractivity (Wildman–Crippen MR) is 131 cm³/mol. The molecule has 0 fully saturated rings. The molecule has 0 aliphatic carbocycles. The lowest BCUT2D eigenvalue weighted by molar-refractivity contribution is -0.139. The molecule has 7 nitrogen and oxygen atoms in total. The van der Waals surface area contributed by atoms with Gasteiger partial charge in [0, 0.05) is 17.6 Å². The van der Waals surface area contributed by atoms with Crippen LogP contribution in [0.5, 0.6) is 0 Å². The number of thiazole rings is 1. The van der Waals surface area contributed by atoms with Gasteiger partial charge in [0.1, 0.15) is 4.53 Å². The minimum absolute atomic E-state index is 0.190. The van der Waals surface area contributed by atoms with Gasteiger partial charge in [-0.15, -0.1) is 0 Å². The molecule has 1 amide bonds. The van der Waals surface area contributed by atoms with E-state index in [9.17, 15) is 14.4 Å². The molecule has 5 rings (SSSR count). The standard InChI is InChI=1S/C25H20ClN3O4S/c1-4-33-24(32)18-13(2)27-25-29(20(18)14-9-11-15(26)12-10-14)23(31)21(34-25)19-16-7-5-6-8-17(16)28(3)22(19)30/h5-12,20H,4H2,1-3H3. The molecule has 9 heteroatoms. The van der Waals surface area contributed by atoms with Crippen molar-refractivity contribution in [1.82, 2.24) is 4.57 Å². The van der Waals surface area contributed by atoms with E-state index >= 15 is 0 Å². The van der Waals surface area contributed by atoms with Crippen molar-refractivity contribution in [2.45, 2.75) is 19.9 Å². The van der Waals surface area contributed by atoms with Crippen molar-refractivity contribution in [3.8, 4) is 0 Å². The zero-order valence-corrected chi connectivity index (χ0v) is 20.2. The molecule has 0 saturated heterocycles. The van der Waals surface area contributed by atoms with Crippen LogP contribution >= 0.6 is 22.9 Å². The summed E-state index contributed by atoms with van der Waals surface area (Å²) in [4.78, 5) is 46.5. The third-order valence-electron chi connectivity index (χ3n) is 5.96. The Hall–Kier alpha value is -3.49. The number of halogens is 1. The number of aromatic nitrogens is 1. The second-order valence-electron chi connectivity index (χ2n) is 7.93. The van der Waals surface area contributed by atoms with Crippen molar-refractivity contribution in [3.63, 3.8) is 0 Å². The number of amides is 1. The van der Waals surface area contributed by atoms with Crippen LogP contribution in [-0.2, 0) is 14.3 Å². The van der Waals surface area contributed by atoms with Gasteiger partial charge in [0.25, 0.3) is 11.5 Å². The zero-order chi connectivity index (χ0) is 24.1. The summed E-state index contributed by atoms with van der Waals surface area (Å²) in [5.41, 5.74) is 2.84. The molecular weight excluding hydrogens is 474 g/mol. The summed E-state index contributed by atoms with van der Waals surface area (Å²) < 4.78 is 7.07. The molecule has 1 unspecified atom stereocenters. The first-order valence-corrected chi connectivity index (χ1v) is 11.9. The average molecular weight is 494 g/mol. The van der Waals surface area contributed by atoms with Gasteiger partial charge < -0.3 is 9.64 Å². The van der Waals surface area contributed by atoms with E-state index in [-0.39, 0.29) is 28.2 Å². The number of carbonyl (C=O) groups excluding carboxylic acids is 2. The van der Waals surface area contributed by atoms with Crippen molar-refractivity contribution >= 4 is 46.1 Å². The molecule has 3 aromatic rings. The molecule has 0 N–H and O–H groups in total. The van der Waals surface area contributed by atoms with E-state index < -0.39 is 12.0 Å². The molecule has 34 heavy (non-hydrogen) atoms. The number of anilines is 1. The topological polar surface area (TPSA) is 81.0 Å². The van der Waals surface area contributed by atoms with Crippen LogP contribution in [0.15, 0.2) is 69.6 Å². The summed E-state index contributed by atoms with van der Waals surface area (Å²) in [7, 11) is 1.69. The first-order chi connectivity index (χ1) is 16.3. The van der Waals surface area contributed by atoms with Crippen molar-refractivity contribution in [3.05, 3.63) is 95.6 Å². The Morgan fingerprint density at radius 1 is 1.15 bits per heavy atom. The molecule has 0 radical (unpaired) electrons. The van der Waals surface area contributed by atoms with Crippen LogP contribution < -0.4 is 19.8 Å². The van der Waals surface area contributed by atoms with Crippen LogP contribution in [0.2, 0.25) is 5.02 Å². The van der Waals surface area contributed by atoms with E-state index in [1.165, 1.54) is 9.47 Å². The lowest BCUT2D eigenvalue weighted by Gasteiger charge is -2.24. The number of hydrogen-bond donors (Lipinski definition) is 0. The Kier molecular flexibility index (Phi) is 5.50. The van der Waals surface area contributed by atoms with Gasteiger partial charge in [0.15, 0.2) is 4.80 Å². The monoisotopic (exact) mass is 493 g/mol. The van der Waals surface area contributed by atoms with E-state index in [4.69, 9.17) is 16.3 Å². The van der Waals surface area contributed by atoms with E-state index in [0.717, 1.165) is 17.0 Å². The van der Waals surface area contributed by atoms with E-state index in [0.29, 0.717) is 32.2 Å². The Bertz CT molecular complexity index is 1570. The number of hydrogen-bond acceptors (Lipinski definition) is 6. The second kappa shape index (κ2) is 8.38. The summed E-state index contributed by atoms with van der Waals surface area (Å²) in [6.45, 7) is 3.64. The van der Waals surface area contributed by atoms with Gasteiger partial charge in [-0.2, -0.15) is 0 Å². The molecule has 2 aliphatic rings. The Morgan fingerprint density at radius 2 is 1.85 bits per heavy atom. The fourth-order valence-corrected chi connectivity index (χ4v) is 5.65. The zero-order valence-electron chi connectivity index (χ0n) is 18.7. The van der Waals surface area contributed by atoms with Crippen molar-refractivity contribution in [2.24, 2.45) is 4.99 Å². The van der Waals surface area contributed by atoms with E-state index in [1.54, 1.807) is 45.2 Å². The van der Waals surface area contributed by atoms with Crippen LogP contribution in [0, 0.1) is 0 Å². The van der Waals surface area contributed by atoms with E-state index in [2.05, 4.69) is 4.99 Å². The van der Waals surface area contributed by atoms with Gasteiger partial charge >= 0.3 is 5.97 Å². The summed E-state index contributed by atoms with van der Waals surface area (Å²) in [5, 5.41) is 0.535. The summed E-state index contributed by atoms with van der Waals surface area (Å²) in [6.07, 6.45) is 0. The SMILES string of the molecule is CCOC(=O)C1=C(C)N=c2sc(=C3C(=O)N(C)c4ccccc43)c(=O)n2C1c1ccc(Cl)cc1. The third-order valence-corrected chi connectivity index (χ3v) is 7.26. The highest BCUT2D eigenvalue weighted by molar-refractivity contribution is 7.07. The fraction of sp³-hybridized carbons (Fsp3) is 0.200. The first kappa shape index (κ1) is 22.3. The fourth-order valence-electron chi connectivity index (χ4n) is 4.39. The number of fused-ring (bicyclic) bond motifs is 2. The van der Waals surface area contributed by atoms with Crippen molar-refractivity contribution in [2.75, 3.05) is 18.6 Å². The lowest BCUT2D eigenvalue weighted by Crippen LogP contribution is -2.40. The van der Waals surface area contributed by atoms with Crippen molar-refractivity contribution in [1.29, 1.82) is 0 Å². The maximum atomic E-state index is 13.9. The number of rotatable bonds is 3. The Balaban J connectivity index is 1.83. The van der Waals surface area contributed by atoms with Crippen LogP contribution in [0.1, 0.15) is 31.0 Å². The maximum Gasteiger partial charge on any atom is 0.338 e. The average Bonchev–Trinajstić information content (AvgIpc) is 3.26. The highest BCUT2D eigenvalue weighted by Gasteiger charge is 2.36. The van der Waals surface area contributed by atoms with Gasteiger partial charge in [0.05, 0.1) is 35.2 Å². The molecule has 0 saturated carbocycles. The Labute approximate surface area is 203 Å². The molecule has 1 aromatic heterocycles. The predicted octanol–water partition coefficient (Wildman–Crippen LogP) is 2.80. The van der Waals surface area contributed by atoms with Gasteiger partial charge in [-0.05, 0) is 37.6 Å². The van der Waals surface area contributed by atoms with Gasteiger partial charge in [0.2, 0.25) is 0 Å². The molecule has 0 spiro atoms. The molecule has 172 valence electrons. The number of nitrogens with zero attached hydrogens (tertiary/aromatic N) is 3. The number of carbonyl (C=O) groups is 2. The summed E-state index contributed by atoms with van der Waals surface area (Å²) in [5.74, 6) is -0.792. The summed E-state index contributed by atoms with van der Waals surface area (Å²) >= 11 is 7.24. The van der Waals surface area contributed by atoms with Gasteiger partial charge in [-0.25, -0.2) is 9.79 Å². The minimum Gasteiger partial charge on any atom is -0.463 e. The molecular formula is C25H20ClN3O4S. The number of para-hydroxylation sites is 1. The number of benzene rings is 2. The molecule has 2 aliphatic heterocycles. The largest absolute Gasteiger partial charge is 0.463 e. The minimum atomic E-state index is -0.758. The molecule has 0 bridgehead atoms. The molecule has 3 heterocycles. The number of esters is 1. The quantitative estimate of drug-likeness (QED) is 0.525. The number of allylic oxidation sites excluding steroid dienone is 1. The second-order valence-corrected chi connectivity index (χ2v) is 9.34. The highest BCUT2D eigenvalue weighted by atomic mass is 35.5. The number of ether oxygens (including phenoxy) is 1. The molecule has 1 atom stereocenters. The highest BCUT2D eigenvalue weighted by Crippen LogP contribution is 2.34. The third kappa shape index (κ3) is 3.33. The van der Waals surface area contributed by atoms with Gasteiger partial charge in [-0.3, -0.25) is 14.2 Å². The van der Waals surface area contributed by atoms with Crippen LogP contribution in [0.3, 0.4) is 0 Å². The van der Waals surface area contributed by atoms with Crippen molar-refractivity contribution < 1.29 is 14.3 Å². The van der Waals surface area contributed by atoms with E-state index in [1.807, 2.05) is 24.3 Å². The summed E-state index contributed by atoms with van der Waals surface area (Å²) in [6, 6.07) is 13.6. The van der Waals surface area contributed by atoms with Crippen LogP contribution in [0.25, 0.3) is 5.57 Å². The normalized spacial score (nSPS) is 18.5. The first-order valence-electron chi connectivity index (χ1n) is 10.7. The Morgan fingerprint density at radius 3 is 2.56 bits per heavy atom. The van der Waals surface area contributed by atoms with Crippen LogP contribution in [-0.4, -0.2) is 30.1 Å². The lowest BCUT2D eigenvalue weighted by atomic mass is 9.96. The van der Waals surface area contributed by atoms with Gasteiger partial charge in [-0.1, -0.05) is 53.3 Å².